The summed E-state index contributed by atoms with van der Waals surface area (Å²) in [5.41, 5.74) is 1.88. The normalized spacial score (nSPS) is 17.1. The van der Waals surface area contributed by atoms with E-state index in [2.05, 4.69) is 25.6 Å². The zero-order valence-corrected chi connectivity index (χ0v) is 20.6. The van der Waals surface area contributed by atoms with Crippen molar-refractivity contribution >= 4 is 50.3 Å². The van der Waals surface area contributed by atoms with Crippen molar-refractivity contribution in [2.24, 2.45) is 5.41 Å². The van der Waals surface area contributed by atoms with Crippen molar-refractivity contribution in [2.45, 2.75) is 29.9 Å². The van der Waals surface area contributed by atoms with Crippen molar-refractivity contribution in [3.63, 3.8) is 0 Å². The number of aromatic nitrogens is 3. The van der Waals surface area contributed by atoms with Crippen LogP contribution in [-0.4, -0.2) is 70.9 Å². The Balaban J connectivity index is 1.08. The van der Waals surface area contributed by atoms with E-state index in [0.29, 0.717) is 46.7 Å². The molecule has 4 heterocycles. The first-order chi connectivity index (χ1) is 17.0. The first-order valence-corrected chi connectivity index (χ1v) is 13.2. The number of thioether (sulfide) groups is 1. The first kappa shape index (κ1) is 24.1. The number of nitrogens with zero attached hydrogens (tertiary/aromatic N) is 4. The van der Waals surface area contributed by atoms with Crippen LogP contribution in [0.5, 0.6) is 0 Å². The summed E-state index contributed by atoms with van der Waals surface area (Å²) >= 11 is 1.95. The molecule has 1 spiro atoms. The average molecular weight is 521 g/mol. The average Bonchev–Trinajstić information content (AvgIpc) is 3.25. The summed E-state index contributed by atoms with van der Waals surface area (Å²) in [4.78, 5) is 28.0. The number of halogens is 2. The number of nitrogens with one attached hydrogen (secondary N) is 2. The van der Waals surface area contributed by atoms with Gasteiger partial charge in [-0.1, -0.05) is 23.1 Å². The molecule has 2 N–H and O–H groups in total. The summed E-state index contributed by atoms with van der Waals surface area (Å²) in [7, 11) is 0. The van der Waals surface area contributed by atoms with Crippen LogP contribution in [-0.2, 0) is 4.74 Å². The number of piperidine rings is 1. The van der Waals surface area contributed by atoms with Crippen LogP contribution in [0.1, 0.15) is 29.6 Å². The Hall–Kier alpha value is -2.57. The van der Waals surface area contributed by atoms with Gasteiger partial charge in [0.1, 0.15) is 0 Å². The van der Waals surface area contributed by atoms with Gasteiger partial charge in [-0.3, -0.25) is 4.79 Å². The van der Waals surface area contributed by atoms with Gasteiger partial charge < -0.3 is 20.3 Å². The number of carbonyl (C=O) groups is 1. The summed E-state index contributed by atoms with van der Waals surface area (Å²) < 4.78 is 31.0. The second-order valence-corrected chi connectivity index (χ2v) is 10.9. The molecule has 186 valence electrons. The molecule has 5 rings (SSSR count). The number of amides is 1. The maximum Gasteiger partial charge on any atom is 0.289 e. The standard InChI is InChI=1S/C23H26F2N6O2S2/c24-20(25)34-16-11-28-21(29-12-16)26-6-1-7-27-22-30-17-3-2-15(10-18(17)35-22)19(32)31-8-4-23(5-9-31)13-33-14-23/h2-3,10-12,20H,1,4-9,13-14H2,(H,27,30)(H,26,28,29). The first-order valence-electron chi connectivity index (χ1n) is 11.5. The molecule has 0 unspecified atom stereocenters. The maximum absolute atomic E-state index is 13.0. The molecule has 2 aliphatic heterocycles. The van der Waals surface area contributed by atoms with Gasteiger partial charge in [0.15, 0.2) is 5.13 Å². The lowest BCUT2D eigenvalue weighted by atomic mass is 9.77. The molecule has 0 aliphatic carbocycles. The molecule has 1 amide bonds. The number of hydrogen-bond donors (Lipinski definition) is 2. The van der Waals surface area contributed by atoms with Crippen LogP contribution in [0.15, 0.2) is 35.5 Å². The molecule has 0 atom stereocenters. The van der Waals surface area contributed by atoms with Gasteiger partial charge in [-0.15, -0.1) is 0 Å². The Morgan fingerprint density at radius 2 is 1.91 bits per heavy atom. The number of hydrogen-bond acceptors (Lipinski definition) is 9. The molecule has 12 heteroatoms. The van der Waals surface area contributed by atoms with Crippen molar-refractivity contribution in [3.05, 3.63) is 36.2 Å². The smallest absolute Gasteiger partial charge is 0.289 e. The highest BCUT2D eigenvalue weighted by atomic mass is 32.2. The van der Waals surface area contributed by atoms with Gasteiger partial charge in [-0.25, -0.2) is 15.0 Å². The number of fused-ring (bicyclic) bond motifs is 1. The van der Waals surface area contributed by atoms with E-state index >= 15 is 0 Å². The van der Waals surface area contributed by atoms with Crippen LogP contribution in [0.2, 0.25) is 0 Å². The van der Waals surface area contributed by atoms with Crippen LogP contribution in [0.3, 0.4) is 0 Å². The minimum atomic E-state index is -2.48. The summed E-state index contributed by atoms with van der Waals surface area (Å²) in [5.74, 6) is -1.99. The summed E-state index contributed by atoms with van der Waals surface area (Å²) in [6.07, 6.45) is 5.59. The summed E-state index contributed by atoms with van der Waals surface area (Å²) in [6.45, 7) is 4.55. The molecule has 2 saturated heterocycles. The predicted molar refractivity (Wildman–Crippen MR) is 133 cm³/mol. The third-order valence-corrected chi connectivity index (χ3v) is 7.97. The Labute approximate surface area is 209 Å². The number of ether oxygens (including phenoxy) is 1. The Bertz CT molecular complexity index is 1160. The number of rotatable bonds is 9. The highest BCUT2D eigenvalue weighted by Gasteiger charge is 2.42. The third kappa shape index (κ3) is 5.81. The minimum absolute atomic E-state index is 0.0824. The van der Waals surface area contributed by atoms with E-state index < -0.39 is 5.76 Å². The topological polar surface area (TPSA) is 92.3 Å². The summed E-state index contributed by atoms with van der Waals surface area (Å²) in [6, 6.07) is 5.70. The highest BCUT2D eigenvalue weighted by Crippen LogP contribution is 2.38. The van der Waals surface area contributed by atoms with E-state index in [1.54, 1.807) is 0 Å². The fraction of sp³-hybridized carbons (Fsp3) is 0.478. The number of anilines is 2. The summed E-state index contributed by atoms with van der Waals surface area (Å²) in [5, 5.41) is 7.20. The van der Waals surface area contributed by atoms with Gasteiger partial charge in [-0.05, 0) is 37.5 Å². The second kappa shape index (κ2) is 10.6. The SMILES string of the molecule is O=C(c1ccc2nc(NCCCNc3ncc(SC(F)F)cn3)sc2c1)N1CCC2(CC1)COC2. The number of likely N-dealkylation sites (tertiary alicyclic amines) is 1. The number of alkyl halides is 2. The lowest BCUT2D eigenvalue weighted by Crippen LogP contribution is -2.52. The van der Waals surface area contributed by atoms with Gasteiger partial charge >= 0.3 is 0 Å². The molecule has 1 aromatic carbocycles. The molecule has 2 aromatic heterocycles. The quantitative estimate of drug-likeness (QED) is 0.313. The molecule has 35 heavy (non-hydrogen) atoms. The van der Waals surface area contributed by atoms with E-state index in [4.69, 9.17) is 4.74 Å². The van der Waals surface area contributed by atoms with E-state index in [1.165, 1.54) is 23.7 Å². The zero-order chi connectivity index (χ0) is 24.3. The number of carbonyl (C=O) groups excluding carboxylic acids is 1. The lowest BCUT2D eigenvalue weighted by Gasteiger charge is -2.47. The second-order valence-electron chi connectivity index (χ2n) is 8.81. The number of benzene rings is 1. The Kier molecular flexibility index (Phi) is 7.30. The van der Waals surface area contributed by atoms with Crippen molar-refractivity contribution in [1.29, 1.82) is 0 Å². The van der Waals surface area contributed by atoms with Crippen LogP contribution in [0.25, 0.3) is 10.2 Å². The van der Waals surface area contributed by atoms with Crippen LogP contribution in [0.4, 0.5) is 19.9 Å². The third-order valence-electron chi connectivity index (χ3n) is 6.33. The highest BCUT2D eigenvalue weighted by molar-refractivity contribution is 7.99. The van der Waals surface area contributed by atoms with Gasteiger partial charge in [0.2, 0.25) is 5.95 Å². The van der Waals surface area contributed by atoms with E-state index in [1.807, 2.05) is 23.1 Å². The molecular weight excluding hydrogens is 494 g/mol. The van der Waals surface area contributed by atoms with Crippen LogP contribution in [0, 0.1) is 5.41 Å². The van der Waals surface area contributed by atoms with E-state index in [0.717, 1.165) is 60.9 Å². The van der Waals surface area contributed by atoms with Crippen molar-refractivity contribution in [1.82, 2.24) is 19.9 Å². The van der Waals surface area contributed by atoms with Crippen LogP contribution >= 0.6 is 23.1 Å². The number of thiazole rings is 1. The fourth-order valence-corrected chi connectivity index (χ4v) is 5.60. The molecule has 0 bridgehead atoms. The van der Waals surface area contributed by atoms with Gasteiger partial charge in [0.25, 0.3) is 11.7 Å². The Morgan fingerprint density at radius 3 is 2.60 bits per heavy atom. The molecule has 8 nitrogen and oxygen atoms in total. The molecular formula is C23H26F2N6O2S2. The molecule has 0 saturated carbocycles. The maximum atomic E-state index is 13.0. The van der Waals surface area contributed by atoms with Crippen molar-refractivity contribution < 1.29 is 18.3 Å². The van der Waals surface area contributed by atoms with Gasteiger partial charge in [-0.2, -0.15) is 8.78 Å². The minimum Gasteiger partial charge on any atom is -0.380 e. The van der Waals surface area contributed by atoms with Crippen molar-refractivity contribution in [2.75, 3.05) is 50.0 Å². The zero-order valence-electron chi connectivity index (χ0n) is 19.0. The largest absolute Gasteiger partial charge is 0.380 e. The molecule has 3 aromatic rings. The molecule has 2 fully saturated rings. The van der Waals surface area contributed by atoms with E-state index in [9.17, 15) is 13.6 Å². The monoisotopic (exact) mass is 520 g/mol. The lowest BCUT2D eigenvalue weighted by molar-refractivity contribution is -0.136. The van der Waals surface area contributed by atoms with E-state index in [-0.39, 0.29) is 5.91 Å². The van der Waals surface area contributed by atoms with Crippen molar-refractivity contribution in [3.8, 4) is 0 Å². The van der Waals surface area contributed by atoms with Crippen LogP contribution < -0.4 is 10.6 Å². The molecule has 0 radical (unpaired) electrons. The molecule has 2 aliphatic rings. The van der Waals surface area contributed by atoms with Gasteiger partial charge in [0, 0.05) is 54.4 Å². The fourth-order valence-electron chi connectivity index (χ4n) is 4.23. The Morgan fingerprint density at radius 1 is 1.17 bits per heavy atom. The van der Waals surface area contributed by atoms with Gasteiger partial charge in [0.05, 0.1) is 23.4 Å². The predicted octanol–water partition coefficient (Wildman–Crippen LogP) is 4.57.